The molecule has 4 rings (SSSR count). The highest BCUT2D eigenvalue weighted by Crippen LogP contribution is 2.31. The summed E-state index contributed by atoms with van der Waals surface area (Å²) in [5, 5.41) is 0. The van der Waals surface area contributed by atoms with E-state index in [4.69, 9.17) is 4.99 Å². The molecule has 1 amide bonds. The summed E-state index contributed by atoms with van der Waals surface area (Å²) in [6, 6.07) is 30.7. The van der Waals surface area contributed by atoms with Crippen LogP contribution in [-0.4, -0.2) is 29.7 Å². The zero-order chi connectivity index (χ0) is 20.8. The van der Waals surface area contributed by atoms with Gasteiger partial charge >= 0.3 is 0 Å². The van der Waals surface area contributed by atoms with Crippen LogP contribution < -0.4 is 4.90 Å². The minimum atomic E-state index is -0.213. The zero-order valence-corrected chi connectivity index (χ0v) is 17.3. The molecule has 1 aliphatic rings. The van der Waals surface area contributed by atoms with E-state index in [1.54, 1.807) is 6.92 Å². The molecule has 1 atom stereocenters. The Hall–Kier alpha value is -3.40. The fourth-order valence-corrected chi connectivity index (χ4v) is 4.03. The number of nitrogens with zero attached hydrogens (tertiary/aromatic N) is 3. The Kier molecular flexibility index (Phi) is 6.23. The van der Waals surface area contributed by atoms with E-state index in [0.717, 1.165) is 35.6 Å². The standard InChI is InChI=1S/C26H27N3O/c1-21(30)28-18-11-19-29(24-16-9-4-10-17-24)26(25(28)23-14-7-3-8-15-23)27-20-22-12-5-2-6-13-22/h2-10,12-17,25H,11,18-20H2,1H3/b27-26-. The quantitative estimate of drug-likeness (QED) is 0.615. The Morgan fingerprint density at radius 2 is 1.47 bits per heavy atom. The average Bonchev–Trinajstić information content (AvgIpc) is 2.99. The number of rotatable bonds is 4. The maximum Gasteiger partial charge on any atom is 0.220 e. The number of benzene rings is 3. The molecular weight excluding hydrogens is 370 g/mol. The van der Waals surface area contributed by atoms with Crippen molar-refractivity contribution in [3.8, 4) is 0 Å². The highest BCUT2D eigenvalue weighted by molar-refractivity contribution is 6.04. The van der Waals surface area contributed by atoms with Crippen LogP contribution in [0, 0.1) is 0 Å². The van der Waals surface area contributed by atoms with Gasteiger partial charge in [-0.1, -0.05) is 78.9 Å². The third kappa shape index (κ3) is 4.43. The van der Waals surface area contributed by atoms with E-state index in [0.29, 0.717) is 13.1 Å². The van der Waals surface area contributed by atoms with E-state index in [9.17, 15) is 4.79 Å². The molecule has 4 heteroatoms. The highest BCUT2D eigenvalue weighted by Gasteiger charge is 2.34. The molecule has 1 saturated heterocycles. The molecule has 0 radical (unpaired) electrons. The first-order valence-electron chi connectivity index (χ1n) is 10.5. The number of amides is 1. The molecule has 1 unspecified atom stereocenters. The van der Waals surface area contributed by atoms with E-state index in [1.165, 1.54) is 0 Å². The molecule has 1 fully saturated rings. The molecule has 0 N–H and O–H groups in total. The van der Waals surface area contributed by atoms with Crippen molar-refractivity contribution in [3.63, 3.8) is 0 Å². The first-order valence-corrected chi connectivity index (χ1v) is 10.5. The smallest absolute Gasteiger partial charge is 0.220 e. The monoisotopic (exact) mass is 397 g/mol. The molecule has 0 aliphatic carbocycles. The van der Waals surface area contributed by atoms with Gasteiger partial charge in [0.05, 0.1) is 6.54 Å². The van der Waals surface area contributed by atoms with Gasteiger partial charge in [0.15, 0.2) is 0 Å². The molecule has 4 nitrogen and oxygen atoms in total. The molecule has 3 aromatic carbocycles. The van der Waals surface area contributed by atoms with Gasteiger partial charge in [0, 0.05) is 25.7 Å². The summed E-state index contributed by atoms with van der Waals surface area (Å²) in [7, 11) is 0. The minimum Gasteiger partial charge on any atom is -0.329 e. The Balaban J connectivity index is 1.83. The van der Waals surface area contributed by atoms with Crippen molar-refractivity contribution >= 4 is 17.4 Å². The number of carbonyl (C=O) groups is 1. The van der Waals surface area contributed by atoms with Crippen LogP contribution in [0.5, 0.6) is 0 Å². The topological polar surface area (TPSA) is 35.9 Å². The van der Waals surface area contributed by atoms with Gasteiger partial charge < -0.3 is 9.80 Å². The van der Waals surface area contributed by atoms with E-state index in [-0.39, 0.29) is 11.9 Å². The SMILES string of the molecule is CC(=O)N1CCCN(c2ccccc2)/C(=N\Cc2ccccc2)C1c1ccccc1. The summed E-state index contributed by atoms with van der Waals surface area (Å²) < 4.78 is 0. The Bertz CT molecular complexity index is 987. The second-order valence-electron chi connectivity index (χ2n) is 7.53. The summed E-state index contributed by atoms with van der Waals surface area (Å²) in [5.74, 6) is 0.995. The van der Waals surface area contributed by atoms with E-state index in [2.05, 4.69) is 53.4 Å². The van der Waals surface area contributed by atoms with Crippen molar-refractivity contribution in [2.45, 2.75) is 25.9 Å². The molecule has 1 aliphatic heterocycles. The predicted octanol–water partition coefficient (Wildman–Crippen LogP) is 5.09. The van der Waals surface area contributed by atoms with Crippen molar-refractivity contribution in [1.29, 1.82) is 0 Å². The number of anilines is 1. The number of hydrogen-bond acceptors (Lipinski definition) is 2. The largest absolute Gasteiger partial charge is 0.329 e. The average molecular weight is 398 g/mol. The maximum absolute atomic E-state index is 12.7. The van der Waals surface area contributed by atoms with Crippen molar-refractivity contribution in [1.82, 2.24) is 4.90 Å². The lowest BCUT2D eigenvalue weighted by atomic mass is 10.0. The van der Waals surface area contributed by atoms with Crippen LogP contribution in [0.4, 0.5) is 5.69 Å². The Morgan fingerprint density at radius 3 is 2.10 bits per heavy atom. The molecule has 3 aromatic rings. The van der Waals surface area contributed by atoms with Crippen LogP contribution in [0.15, 0.2) is 96.0 Å². The van der Waals surface area contributed by atoms with Gasteiger partial charge in [0.25, 0.3) is 0 Å². The fourth-order valence-electron chi connectivity index (χ4n) is 4.03. The second kappa shape index (κ2) is 9.40. The Labute approximate surface area is 178 Å². The molecule has 0 aromatic heterocycles. The lowest BCUT2D eigenvalue weighted by molar-refractivity contribution is -0.130. The number of hydrogen-bond donors (Lipinski definition) is 0. The minimum absolute atomic E-state index is 0.0752. The number of amidine groups is 1. The van der Waals surface area contributed by atoms with Gasteiger partial charge in [0.1, 0.15) is 11.9 Å². The molecule has 0 saturated carbocycles. The molecule has 152 valence electrons. The van der Waals surface area contributed by atoms with Gasteiger partial charge in [-0.25, -0.2) is 0 Å². The van der Waals surface area contributed by atoms with Gasteiger partial charge in [-0.15, -0.1) is 0 Å². The number of para-hydroxylation sites is 1. The van der Waals surface area contributed by atoms with Crippen molar-refractivity contribution < 1.29 is 4.79 Å². The van der Waals surface area contributed by atoms with Crippen LogP contribution in [0.2, 0.25) is 0 Å². The maximum atomic E-state index is 12.7. The lowest BCUT2D eigenvalue weighted by Crippen LogP contribution is -2.42. The first kappa shape index (κ1) is 19.9. The predicted molar refractivity (Wildman–Crippen MR) is 123 cm³/mol. The molecule has 0 bridgehead atoms. The summed E-state index contributed by atoms with van der Waals surface area (Å²) >= 11 is 0. The third-order valence-electron chi connectivity index (χ3n) is 5.47. The van der Waals surface area contributed by atoms with Gasteiger partial charge in [-0.2, -0.15) is 0 Å². The van der Waals surface area contributed by atoms with Crippen LogP contribution in [0.25, 0.3) is 0 Å². The summed E-state index contributed by atoms with van der Waals surface area (Å²) in [5.41, 5.74) is 3.35. The van der Waals surface area contributed by atoms with Crippen molar-refractivity contribution in [3.05, 3.63) is 102 Å². The normalized spacial score (nSPS) is 18.3. The summed E-state index contributed by atoms with van der Waals surface area (Å²) in [6.07, 6.45) is 0.891. The van der Waals surface area contributed by atoms with Crippen molar-refractivity contribution in [2.75, 3.05) is 18.0 Å². The number of aliphatic imine (C=N–C) groups is 1. The van der Waals surface area contributed by atoms with Crippen LogP contribution in [-0.2, 0) is 11.3 Å². The van der Waals surface area contributed by atoms with Crippen LogP contribution in [0.1, 0.15) is 30.5 Å². The Morgan fingerprint density at radius 1 is 0.867 bits per heavy atom. The summed E-state index contributed by atoms with van der Waals surface area (Å²) in [4.78, 5) is 22.0. The molecule has 30 heavy (non-hydrogen) atoms. The van der Waals surface area contributed by atoms with E-state index < -0.39 is 0 Å². The molecule has 0 spiro atoms. The highest BCUT2D eigenvalue weighted by atomic mass is 16.2. The van der Waals surface area contributed by atoms with Gasteiger partial charge in [-0.3, -0.25) is 9.79 Å². The van der Waals surface area contributed by atoms with Gasteiger partial charge in [-0.05, 0) is 29.7 Å². The van der Waals surface area contributed by atoms with E-state index >= 15 is 0 Å². The second-order valence-corrected chi connectivity index (χ2v) is 7.53. The van der Waals surface area contributed by atoms with Crippen LogP contribution in [0.3, 0.4) is 0 Å². The lowest BCUT2D eigenvalue weighted by Gasteiger charge is -2.34. The zero-order valence-electron chi connectivity index (χ0n) is 17.3. The fraction of sp³-hybridized carbons (Fsp3) is 0.231. The van der Waals surface area contributed by atoms with Crippen molar-refractivity contribution in [2.24, 2.45) is 4.99 Å². The number of carbonyl (C=O) groups excluding carboxylic acids is 1. The molecule has 1 heterocycles. The van der Waals surface area contributed by atoms with E-state index in [1.807, 2.05) is 47.4 Å². The van der Waals surface area contributed by atoms with Crippen LogP contribution >= 0.6 is 0 Å². The molecular formula is C26H27N3O. The first-order chi connectivity index (χ1) is 14.7. The summed E-state index contributed by atoms with van der Waals surface area (Å²) in [6.45, 7) is 3.77. The van der Waals surface area contributed by atoms with Gasteiger partial charge in [0.2, 0.25) is 5.91 Å². The third-order valence-corrected chi connectivity index (χ3v) is 5.47.